The Morgan fingerprint density at radius 1 is 0.833 bits per heavy atom. The molecule has 1 aromatic carbocycles. The second-order valence-corrected chi connectivity index (χ2v) is 5.28. The van der Waals surface area contributed by atoms with E-state index in [0.29, 0.717) is 0 Å². The summed E-state index contributed by atoms with van der Waals surface area (Å²) in [5, 5.41) is 0. The zero-order valence-corrected chi connectivity index (χ0v) is 12.4. The fourth-order valence-corrected chi connectivity index (χ4v) is 2.14. The lowest BCUT2D eigenvalue weighted by atomic mass is 10.1. The predicted molar refractivity (Wildman–Crippen MR) is 81.1 cm³/mol. The molecule has 0 amide bonds. The number of aryl methyl sites for hydroxylation is 1. The molecule has 0 spiro atoms. The Balaban J connectivity index is 2.37. The molecule has 0 saturated heterocycles. The van der Waals surface area contributed by atoms with Crippen LogP contribution in [0.4, 0.5) is 0 Å². The lowest BCUT2D eigenvalue weighted by Crippen LogP contribution is -2.28. The molecule has 0 aliphatic rings. The third-order valence-electron chi connectivity index (χ3n) is 3.49. The summed E-state index contributed by atoms with van der Waals surface area (Å²) < 4.78 is 0. The molecule has 0 aliphatic carbocycles. The summed E-state index contributed by atoms with van der Waals surface area (Å²) in [5.41, 5.74) is 2.83. The summed E-state index contributed by atoms with van der Waals surface area (Å²) in [6.45, 7) is 10.4. The zero-order valence-electron chi connectivity index (χ0n) is 12.4. The van der Waals surface area contributed by atoms with Gasteiger partial charge in [-0.2, -0.15) is 0 Å². The predicted octanol–water partition coefficient (Wildman–Crippen LogP) is 4.44. The van der Waals surface area contributed by atoms with Gasteiger partial charge in [0.1, 0.15) is 0 Å². The Bertz CT molecular complexity index is 294. The summed E-state index contributed by atoms with van der Waals surface area (Å²) >= 11 is 0. The maximum Gasteiger partial charge on any atom is 0.00218 e. The summed E-state index contributed by atoms with van der Waals surface area (Å²) in [7, 11) is 0. The van der Waals surface area contributed by atoms with Gasteiger partial charge in [0.15, 0.2) is 0 Å². The van der Waals surface area contributed by atoms with Crippen LogP contribution >= 0.6 is 0 Å². The fraction of sp³-hybridized carbons (Fsp3) is 0.647. The van der Waals surface area contributed by atoms with Crippen LogP contribution in [0.2, 0.25) is 0 Å². The highest BCUT2D eigenvalue weighted by molar-refractivity contribution is 5.21. The molecule has 1 nitrogen and oxygen atoms in total. The van der Waals surface area contributed by atoms with E-state index in [4.69, 9.17) is 0 Å². The van der Waals surface area contributed by atoms with Crippen LogP contribution in [0.5, 0.6) is 0 Å². The molecule has 1 aromatic rings. The average molecular weight is 247 g/mol. The zero-order chi connectivity index (χ0) is 13.2. The molecule has 0 radical (unpaired) electrons. The Kier molecular flexibility index (Phi) is 7.75. The van der Waals surface area contributed by atoms with Gasteiger partial charge < -0.3 is 4.90 Å². The van der Waals surface area contributed by atoms with Crippen molar-refractivity contribution in [1.29, 1.82) is 0 Å². The van der Waals surface area contributed by atoms with Crippen molar-refractivity contribution in [1.82, 2.24) is 4.90 Å². The van der Waals surface area contributed by atoms with E-state index in [-0.39, 0.29) is 0 Å². The van der Waals surface area contributed by atoms with Gasteiger partial charge in [-0.25, -0.2) is 0 Å². The standard InChI is InChI=1S/C17H29N/c1-4-6-13-18(14-7-5-2)15-12-17-10-8-16(3)9-11-17/h8-11H,4-7,12-15H2,1-3H3. The monoisotopic (exact) mass is 247 g/mol. The van der Waals surface area contributed by atoms with Crippen LogP contribution in [-0.2, 0) is 6.42 Å². The molecule has 18 heavy (non-hydrogen) atoms. The van der Waals surface area contributed by atoms with E-state index in [1.54, 1.807) is 0 Å². The molecule has 0 heterocycles. The van der Waals surface area contributed by atoms with Gasteiger partial charge in [0.25, 0.3) is 0 Å². The second-order valence-electron chi connectivity index (χ2n) is 5.28. The molecule has 1 heteroatoms. The van der Waals surface area contributed by atoms with Gasteiger partial charge in [0.05, 0.1) is 0 Å². The molecule has 0 unspecified atom stereocenters. The van der Waals surface area contributed by atoms with Crippen LogP contribution in [0.1, 0.15) is 50.7 Å². The van der Waals surface area contributed by atoms with Crippen LogP contribution in [0.25, 0.3) is 0 Å². The van der Waals surface area contributed by atoms with E-state index in [1.165, 1.54) is 62.9 Å². The minimum Gasteiger partial charge on any atom is -0.303 e. The van der Waals surface area contributed by atoms with E-state index in [2.05, 4.69) is 49.9 Å². The van der Waals surface area contributed by atoms with Crippen LogP contribution in [0.3, 0.4) is 0 Å². The van der Waals surface area contributed by atoms with Gasteiger partial charge in [-0.15, -0.1) is 0 Å². The van der Waals surface area contributed by atoms with E-state index in [0.717, 1.165) is 0 Å². The van der Waals surface area contributed by atoms with Gasteiger partial charge in [-0.05, 0) is 44.8 Å². The van der Waals surface area contributed by atoms with Crippen molar-refractivity contribution in [3.05, 3.63) is 35.4 Å². The second kappa shape index (κ2) is 9.16. The van der Waals surface area contributed by atoms with Crippen molar-refractivity contribution in [2.45, 2.75) is 52.9 Å². The summed E-state index contributed by atoms with van der Waals surface area (Å²) in [6.07, 6.45) is 6.45. The number of unbranched alkanes of at least 4 members (excludes halogenated alkanes) is 2. The van der Waals surface area contributed by atoms with E-state index in [9.17, 15) is 0 Å². The maximum atomic E-state index is 2.63. The van der Waals surface area contributed by atoms with Gasteiger partial charge in [-0.3, -0.25) is 0 Å². The smallest absolute Gasteiger partial charge is 0.00218 e. The highest BCUT2D eigenvalue weighted by Crippen LogP contribution is 2.06. The molecule has 102 valence electrons. The first kappa shape index (κ1) is 15.2. The summed E-state index contributed by atoms with van der Waals surface area (Å²) in [5.74, 6) is 0. The third-order valence-corrected chi connectivity index (χ3v) is 3.49. The normalized spacial score (nSPS) is 11.1. The third kappa shape index (κ3) is 6.20. The summed E-state index contributed by atoms with van der Waals surface area (Å²) in [4.78, 5) is 2.63. The van der Waals surface area contributed by atoms with Crippen LogP contribution in [0.15, 0.2) is 24.3 Å². The van der Waals surface area contributed by atoms with Crippen molar-refractivity contribution in [3.63, 3.8) is 0 Å². The van der Waals surface area contributed by atoms with Crippen LogP contribution < -0.4 is 0 Å². The highest BCUT2D eigenvalue weighted by Gasteiger charge is 2.04. The number of nitrogens with zero attached hydrogens (tertiary/aromatic N) is 1. The van der Waals surface area contributed by atoms with Crippen LogP contribution in [-0.4, -0.2) is 24.5 Å². The van der Waals surface area contributed by atoms with Crippen molar-refractivity contribution in [3.8, 4) is 0 Å². The number of hydrogen-bond donors (Lipinski definition) is 0. The molecule has 0 N–H and O–H groups in total. The van der Waals surface area contributed by atoms with E-state index < -0.39 is 0 Å². The Hall–Kier alpha value is -0.820. The van der Waals surface area contributed by atoms with Gasteiger partial charge >= 0.3 is 0 Å². The fourth-order valence-electron chi connectivity index (χ4n) is 2.14. The van der Waals surface area contributed by atoms with Crippen molar-refractivity contribution in [2.75, 3.05) is 19.6 Å². The quantitative estimate of drug-likeness (QED) is 0.623. The van der Waals surface area contributed by atoms with E-state index in [1.807, 2.05) is 0 Å². The Morgan fingerprint density at radius 2 is 1.39 bits per heavy atom. The number of hydrogen-bond acceptors (Lipinski definition) is 1. The topological polar surface area (TPSA) is 3.24 Å². The molecular weight excluding hydrogens is 218 g/mol. The highest BCUT2D eigenvalue weighted by atomic mass is 15.1. The SMILES string of the molecule is CCCCN(CCCC)CCc1ccc(C)cc1. The van der Waals surface area contributed by atoms with E-state index >= 15 is 0 Å². The van der Waals surface area contributed by atoms with Gasteiger partial charge in [-0.1, -0.05) is 56.5 Å². The van der Waals surface area contributed by atoms with Crippen LogP contribution in [0, 0.1) is 6.92 Å². The molecular formula is C17H29N. The molecule has 0 fully saturated rings. The van der Waals surface area contributed by atoms with Gasteiger partial charge in [0.2, 0.25) is 0 Å². The Labute approximate surface area is 113 Å². The largest absolute Gasteiger partial charge is 0.303 e. The van der Waals surface area contributed by atoms with Crippen molar-refractivity contribution < 1.29 is 0 Å². The molecule has 0 aliphatic heterocycles. The average Bonchev–Trinajstić information content (AvgIpc) is 2.40. The molecule has 0 aromatic heterocycles. The Morgan fingerprint density at radius 3 is 1.89 bits per heavy atom. The lowest BCUT2D eigenvalue weighted by Gasteiger charge is -2.21. The maximum absolute atomic E-state index is 2.63. The first-order valence-corrected chi connectivity index (χ1v) is 7.54. The minimum atomic E-state index is 1.19. The molecule has 0 bridgehead atoms. The van der Waals surface area contributed by atoms with Crippen molar-refractivity contribution >= 4 is 0 Å². The minimum absolute atomic E-state index is 1.19. The first-order chi connectivity index (χ1) is 8.76. The number of rotatable bonds is 9. The van der Waals surface area contributed by atoms with Crippen molar-refractivity contribution in [2.24, 2.45) is 0 Å². The van der Waals surface area contributed by atoms with Gasteiger partial charge in [0, 0.05) is 6.54 Å². The lowest BCUT2D eigenvalue weighted by molar-refractivity contribution is 0.268. The molecule has 1 rings (SSSR count). The molecule has 0 atom stereocenters. The summed E-state index contributed by atoms with van der Waals surface area (Å²) in [6, 6.07) is 8.98. The first-order valence-electron chi connectivity index (χ1n) is 7.54. The number of benzene rings is 1. The molecule has 0 saturated carbocycles.